The molecule has 0 bridgehead atoms. The van der Waals surface area contributed by atoms with Gasteiger partial charge in [0.1, 0.15) is 6.10 Å². The first kappa shape index (κ1) is 21.0. The molecule has 4 N–H and O–H groups in total. The van der Waals surface area contributed by atoms with E-state index in [4.69, 9.17) is 10.5 Å². The zero-order chi connectivity index (χ0) is 16.0. The Morgan fingerprint density at radius 1 is 1.05 bits per heavy atom. The van der Waals surface area contributed by atoms with Gasteiger partial charge in [0.05, 0.1) is 19.8 Å². The van der Waals surface area contributed by atoms with E-state index in [0.717, 1.165) is 12.8 Å². The van der Waals surface area contributed by atoms with Crippen LogP contribution >= 0.6 is 7.82 Å². The smallest absolute Gasteiger partial charge is 0.388 e. The number of nitrogens with two attached hydrogens (primary N) is 1. The molecule has 0 heterocycles. The van der Waals surface area contributed by atoms with E-state index in [1.165, 1.54) is 25.7 Å². The second-order valence-electron chi connectivity index (χ2n) is 4.88. The Kier molecular flexibility index (Phi) is 13.6. The van der Waals surface area contributed by atoms with E-state index in [9.17, 15) is 14.6 Å². The maximum atomic E-state index is 11.3. The summed E-state index contributed by atoms with van der Waals surface area (Å²) in [6.07, 6.45) is 6.07. The molecule has 0 amide bonds. The molecule has 0 aliphatic heterocycles. The Bertz CT molecular complexity index is 279. The van der Waals surface area contributed by atoms with E-state index in [-0.39, 0.29) is 26.4 Å². The second-order valence-corrected chi connectivity index (χ2v) is 6.34. The van der Waals surface area contributed by atoms with Crippen LogP contribution in [0.4, 0.5) is 0 Å². The van der Waals surface area contributed by atoms with Crippen molar-refractivity contribution in [2.24, 2.45) is 5.73 Å². The van der Waals surface area contributed by atoms with Crippen molar-refractivity contribution in [3.05, 3.63) is 0 Å². The number of rotatable bonds is 15. The first-order valence-corrected chi connectivity index (χ1v) is 9.09. The Balaban J connectivity index is 3.45. The summed E-state index contributed by atoms with van der Waals surface area (Å²) < 4.78 is 25.7. The minimum Gasteiger partial charge on any atom is -0.388 e. The summed E-state index contributed by atoms with van der Waals surface area (Å²) in [6, 6.07) is 0. The van der Waals surface area contributed by atoms with Gasteiger partial charge in [0, 0.05) is 13.2 Å². The quantitative estimate of drug-likeness (QED) is 0.311. The van der Waals surface area contributed by atoms with Crippen molar-refractivity contribution in [2.75, 3.05) is 33.0 Å². The molecule has 0 aromatic carbocycles. The zero-order valence-corrected chi connectivity index (χ0v) is 13.8. The molecule has 7 nitrogen and oxygen atoms in total. The van der Waals surface area contributed by atoms with Gasteiger partial charge in [0.25, 0.3) is 0 Å². The van der Waals surface area contributed by atoms with Gasteiger partial charge in [-0.25, -0.2) is 4.57 Å². The summed E-state index contributed by atoms with van der Waals surface area (Å²) in [6.45, 7) is 2.57. The standard InChI is InChI=1S/C13H30NO6P/c1-2-3-4-5-6-7-9-18-11-13(15)12-20-21(16,17)19-10-8-14/h13,15H,2-12,14H2,1H3,(H,16,17). The van der Waals surface area contributed by atoms with Crippen LogP contribution < -0.4 is 5.73 Å². The van der Waals surface area contributed by atoms with Gasteiger partial charge in [-0.15, -0.1) is 0 Å². The largest absolute Gasteiger partial charge is 0.472 e. The number of ether oxygens (including phenoxy) is 1. The van der Waals surface area contributed by atoms with E-state index in [2.05, 4.69) is 16.0 Å². The van der Waals surface area contributed by atoms with Crippen molar-refractivity contribution in [3.63, 3.8) is 0 Å². The average molecular weight is 327 g/mol. The highest BCUT2D eigenvalue weighted by molar-refractivity contribution is 7.47. The van der Waals surface area contributed by atoms with E-state index < -0.39 is 13.9 Å². The third kappa shape index (κ3) is 14.7. The number of aliphatic hydroxyl groups is 1. The van der Waals surface area contributed by atoms with E-state index in [1.54, 1.807) is 0 Å². The molecule has 0 radical (unpaired) electrons. The molecule has 0 aliphatic rings. The van der Waals surface area contributed by atoms with Crippen LogP contribution in [-0.4, -0.2) is 49.1 Å². The molecular weight excluding hydrogens is 297 g/mol. The zero-order valence-electron chi connectivity index (χ0n) is 12.9. The minimum absolute atomic E-state index is 0.0710. The van der Waals surface area contributed by atoms with Crippen LogP contribution in [0.3, 0.4) is 0 Å². The first-order valence-electron chi connectivity index (χ1n) is 7.59. The third-order valence-electron chi connectivity index (χ3n) is 2.75. The van der Waals surface area contributed by atoms with Gasteiger partial charge in [0.2, 0.25) is 0 Å². The summed E-state index contributed by atoms with van der Waals surface area (Å²) in [7, 11) is -4.12. The molecular formula is C13H30NO6P. The van der Waals surface area contributed by atoms with Gasteiger partial charge < -0.3 is 20.5 Å². The monoisotopic (exact) mass is 327 g/mol. The summed E-state index contributed by atoms with van der Waals surface area (Å²) >= 11 is 0. The van der Waals surface area contributed by atoms with E-state index >= 15 is 0 Å². The maximum absolute atomic E-state index is 11.3. The number of phosphoric acid groups is 1. The van der Waals surface area contributed by atoms with Crippen LogP contribution in [0.15, 0.2) is 0 Å². The molecule has 0 rings (SSSR count). The van der Waals surface area contributed by atoms with Gasteiger partial charge in [-0.3, -0.25) is 9.05 Å². The number of phosphoric ester groups is 1. The van der Waals surface area contributed by atoms with Crippen molar-refractivity contribution in [3.8, 4) is 0 Å². The predicted molar refractivity (Wildman–Crippen MR) is 81.0 cm³/mol. The molecule has 0 aromatic rings. The minimum atomic E-state index is -4.12. The lowest BCUT2D eigenvalue weighted by atomic mass is 10.1. The highest BCUT2D eigenvalue weighted by atomic mass is 31.2. The van der Waals surface area contributed by atoms with Crippen molar-refractivity contribution in [1.82, 2.24) is 0 Å². The molecule has 0 aliphatic carbocycles. The fraction of sp³-hybridized carbons (Fsp3) is 1.00. The summed E-state index contributed by atoms with van der Waals surface area (Å²) in [5, 5.41) is 9.55. The number of hydrogen-bond acceptors (Lipinski definition) is 6. The molecule has 0 saturated heterocycles. The molecule has 2 atom stereocenters. The van der Waals surface area contributed by atoms with Crippen LogP contribution in [0.5, 0.6) is 0 Å². The molecule has 21 heavy (non-hydrogen) atoms. The van der Waals surface area contributed by atoms with Crippen molar-refractivity contribution in [2.45, 2.75) is 51.6 Å². The van der Waals surface area contributed by atoms with Gasteiger partial charge >= 0.3 is 7.82 Å². The topological polar surface area (TPSA) is 111 Å². The number of aliphatic hydroxyl groups excluding tert-OH is 1. The fourth-order valence-electron chi connectivity index (χ4n) is 1.64. The van der Waals surface area contributed by atoms with Crippen LogP contribution in [0, 0.1) is 0 Å². The highest BCUT2D eigenvalue weighted by Gasteiger charge is 2.22. The van der Waals surface area contributed by atoms with Gasteiger partial charge in [-0.1, -0.05) is 39.0 Å². The lowest BCUT2D eigenvalue weighted by Crippen LogP contribution is -2.22. The van der Waals surface area contributed by atoms with Gasteiger partial charge in [-0.2, -0.15) is 0 Å². The van der Waals surface area contributed by atoms with Crippen LogP contribution in [-0.2, 0) is 18.3 Å². The number of unbranched alkanes of at least 4 members (excludes halogenated alkanes) is 5. The number of hydrogen-bond donors (Lipinski definition) is 3. The van der Waals surface area contributed by atoms with Gasteiger partial charge in [0.15, 0.2) is 0 Å². The Hall–Kier alpha value is -0.0100. The second kappa shape index (κ2) is 13.6. The third-order valence-corrected chi connectivity index (χ3v) is 3.74. The molecule has 128 valence electrons. The predicted octanol–water partition coefficient (Wildman–Crippen LogP) is 1.82. The van der Waals surface area contributed by atoms with Gasteiger partial charge in [-0.05, 0) is 6.42 Å². The Labute approximate surface area is 127 Å². The summed E-state index contributed by atoms with van der Waals surface area (Å²) in [4.78, 5) is 9.21. The summed E-state index contributed by atoms with van der Waals surface area (Å²) in [5.74, 6) is 0. The lowest BCUT2D eigenvalue weighted by molar-refractivity contribution is 0.00230. The molecule has 0 aromatic heterocycles. The van der Waals surface area contributed by atoms with Crippen molar-refractivity contribution in [1.29, 1.82) is 0 Å². The molecule has 0 saturated carbocycles. The molecule has 0 spiro atoms. The van der Waals surface area contributed by atoms with Crippen molar-refractivity contribution >= 4 is 7.82 Å². The van der Waals surface area contributed by atoms with Crippen LogP contribution in [0.1, 0.15) is 45.4 Å². The lowest BCUT2D eigenvalue weighted by Gasteiger charge is -2.15. The molecule has 0 fully saturated rings. The van der Waals surface area contributed by atoms with Crippen LogP contribution in [0.2, 0.25) is 0 Å². The SMILES string of the molecule is CCCCCCCCOCC(O)COP(=O)(O)OCCN. The van der Waals surface area contributed by atoms with E-state index in [0.29, 0.717) is 6.61 Å². The molecule has 8 heteroatoms. The normalized spacial score (nSPS) is 15.8. The maximum Gasteiger partial charge on any atom is 0.472 e. The Morgan fingerprint density at radius 2 is 1.71 bits per heavy atom. The first-order chi connectivity index (χ1) is 10.0. The Morgan fingerprint density at radius 3 is 2.38 bits per heavy atom. The fourth-order valence-corrected chi connectivity index (χ4v) is 2.41. The van der Waals surface area contributed by atoms with Crippen LogP contribution in [0.25, 0.3) is 0 Å². The summed E-state index contributed by atoms with van der Waals surface area (Å²) in [5.41, 5.74) is 5.14. The average Bonchev–Trinajstić information content (AvgIpc) is 2.46. The highest BCUT2D eigenvalue weighted by Crippen LogP contribution is 2.42. The van der Waals surface area contributed by atoms with E-state index in [1.807, 2.05) is 0 Å². The van der Waals surface area contributed by atoms with Crippen molar-refractivity contribution < 1.29 is 28.3 Å². The molecule has 2 unspecified atom stereocenters.